The second kappa shape index (κ2) is 8.96. The third-order valence-corrected chi connectivity index (χ3v) is 3.34. The van der Waals surface area contributed by atoms with Crippen LogP contribution >= 0.6 is 0 Å². The Kier molecular flexibility index (Phi) is 7.29. The fourth-order valence-electron chi connectivity index (χ4n) is 2.18. The normalized spacial score (nSPS) is 10.7. The number of hydrogen-bond acceptors (Lipinski definition) is 7. The van der Waals surface area contributed by atoms with E-state index in [2.05, 4.69) is 0 Å². The summed E-state index contributed by atoms with van der Waals surface area (Å²) in [4.78, 5) is 46.3. The summed E-state index contributed by atoms with van der Waals surface area (Å²) in [6.45, 7) is 4.17. The van der Waals surface area contributed by atoms with Gasteiger partial charge in [0.05, 0.1) is 7.11 Å². The summed E-state index contributed by atoms with van der Waals surface area (Å²) in [7, 11) is 1.50. The maximum absolute atomic E-state index is 12.0. The quantitative estimate of drug-likeness (QED) is 0.383. The smallest absolute Gasteiger partial charge is 0.316 e. The summed E-state index contributed by atoms with van der Waals surface area (Å²) in [5.74, 6) is -3.54. The molecule has 0 N–H and O–H groups in total. The Hall–Kier alpha value is -2.70. The highest BCUT2D eigenvalue weighted by atomic mass is 16.7. The van der Waals surface area contributed by atoms with E-state index in [4.69, 9.17) is 14.2 Å². The first-order chi connectivity index (χ1) is 11.7. The number of ether oxygens (including phenoxy) is 3. The fourth-order valence-corrected chi connectivity index (χ4v) is 2.18. The predicted molar refractivity (Wildman–Crippen MR) is 87.7 cm³/mol. The minimum absolute atomic E-state index is 0.104. The summed E-state index contributed by atoms with van der Waals surface area (Å²) in [6, 6.07) is 6.42. The SMILES string of the molecule is CCC(OC(=O)CC(C)=O)(OC(=O)CC(C)=O)c1ccc(OC)cc1. The molecule has 25 heavy (non-hydrogen) atoms. The molecule has 0 radical (unpaired) electrons. The van der Waals surface area contributed by atoms with Gasteiger partial charge in [-0.1, -0.05) is 6.92 Å². The molecule has 1 aromatic carbocycles. The molecule has 7 heteroatoms. The number of Topliss-reactive ketones (excluding diaryl/α,β-unsaturated/α-hetero) is 2. The molecular formula is C18H22O7. The van der Waals surface area contributed by atoms with Crippen molar-refractivity contribution >= 4 is 23.5 Å². The molecule has 1 aromatic rings. The molecule has 0 saturated heterocycles. The van der Waals surface area contributed by atoms with Crippen molar-refractivity contribution in [1.82, 2.24) is 0 Å². The highest BCUT2D eigenvalue weighted by molar-refractivity contribution is 5.95. The zero-order valence-electron chi connectivity index (χ0n) is 14.8. The van der Waals surface area contributed by atoms with Crippen LogP contribution < -0.4 is 4.74 Å². The van der Waals surface area contributed by atoms with E-state index in [0.717, 1.165) is 0 Å². The minimum atomic E-state index is -1.72. The number of esters is 2. The zero-order valence-corrected chi connectivity index (χ0v) is 14.8. The Morgan fingerprint density at radius 3 is 1.64 bits per heavy atom. The molecule has 136 valence electrons. The number of methoxy groups -OCH3 is 1. The van der Waals surface area contributed by atoms with Gasteiger partial charge in [-0.05, 0) is 38.1 Å². The molecule has 0 saturated carbocycles. The molecule has 0 bridgehead atoms. The van der Waals surface area contributed by atoms with Crippen molar-refractivity contribution in [1.29, 1.82) is 0 Å². The second-order valence-electron chi connectivity index (χ2n) is 5.54. The lowest BCUT2D eigenvalue weighted by molar-refractivity contribution is -0.235. The molecule has 0 atom stereocenters. The van der Waals surface area contributed by atoms with Crippen molar-refractivity contribution in [3.63, 3.8) is 0 Å². The van der Waals surface area contributed by atoms with Gasteiger partial charge in [0.15, 0.2) is 0 Å². The molecule has 0 aliphatic heterocycles. The number of benzene rings is 1. The zero-order chi connectivity index (χ0) is 19.0. The van der Waals surface area contributed by atoms with Gasteiger partial charge in [0.2, 0.25) is 0 Å². The molecule has 0 amide bonds. The Morgan fingerprint density at radius 1 is 0.880 bits per heavy atom. The van der Waals surface area contributed by atoms with Gasteiger partial charge >= 0.3 is 11.9 Å². The van der Waals surface area contributed by atoms with Gasteiger partial charge in [0, 0.05) is 12.0 Å². The second-order valence-corrected chi connectivity index (χ2v) is 5.54. The van der Waals surface area contributed by atoms with Crippen LogP contribution in [0.25, 0.3) is 0 Å². The van der Waals surface area contributed by atoms with Crippen molar-refractivity contribution in [3.8, 4) is 5.75 Å². The van der Waals surface area contributed by atoms with Gasteiger partial charge in [0.1, 0.15) is 30.2 Å². The molecule has 0 aliphatic carbocycles. The van der Waals surface area contributed by atoms with Gasteiger partial charge in [-0.15, -0.1) is 0 Å². The lowest BCUT2D eigenvalue weighted by Crippen LogP contribution is -2.38. The van der Waals surface area contributed by atoms with Crippen LogP contribution in [0, 0.1) is 0 Å². The molecule has 0 aromatic heterocycles. The van der Waals surface area contributed by atoms with Crippen LogP contribution in [-0.4, -0.2) is 30.6 Å². The van der Waals surface area contributed by atoms with Crippen LogP contribution in [-0.2, 0) is 34.4 Å². The molecule has 1 rings (SSSR count). The minimum Gasteiger partial charge on any atom is -0.497 e. The van der Waals surface area contributed by atoms with E-state index in [1.807, 2.05) is 0 Å². The van der Waals surface area contributed by atoms with Crippen molar-refractivity contribution in [2.24, 2.45) is 0 Å². The van der Waals surface area contributed by atoms with Crippen molar-refractivity contribution in [2.45, 2.75) is 45.8 Å². The fraction of sp³-hybridized carbons (Fsp3) is 0.444. The summed E-state index contributed by atoms with van der Waals surface area (Å²) in [5, 5.41) is 0. The molecule has 0 heterocycles. The van der Waals surface area contributed by atoms with Crippen LogP contribution in [0.2, 0.25) is 0 Å². The lowest BCUT2D eigenvalue weighted by Gasteiger charge is -2.32. The van der Waals surface area contributed by atoms with E-state index in [1.165, 1.54) is 21.0 Å². The van der Waals surface area contributed by atoms with Crippen LogP contribution in [0.3, 0.4) is 0 Å². The van der Waals surface area contributed by atoms with E-state index >= 15 is 0 Å². The molecule has 0 aliphatic rings. The first-order valence-corrected chi connectivity index (χ1v) is 7.79. The highest BCUT2D eigenvalue weighted by Gasteiger charge is 2.39. The Bertz CT molecular complexity index is 616. The van der Waals surface area contributed by atoms with Crippen molar-refractivity contribution in [2.75, 3.05) is 7.11 Å². The van der Waals surface area contributed by atoms with E-state index in [1.54, 1.807) is 31.2 Å². The van der Waals surface area contributed by atoms with E-state index in [0.29, 0.717) is 11.3 Å². The number of ketones is 2. The van der Waals surface area contributed by atoms with Gasteiger partial charge < -0.3 is 14.2 Å². The first kappa shape index (κ1) is 20.3. The number of carbonyl (C=O) groups excluding carboxylic acids is 4. The maximum Gasteiger partial charge on any atom is 0.316 e. The average Bonchev–Trinajstić information content (AvgIpc) is 2.52. The summed E-state index contributed by atoms with van der Waals surface area (Å²) in [6.07, 6.45) is -0.781. The van der Waals surface area contributed by atoms with Gasteiger partial charge in [0.25, 0.3) is 5.79 Å². The van der Waals surface area contributed by atoms with E-state index in [9.17, 15) is 19.2 Å². The monoisotopic (exact) mass is 350 g/mol. The first-order valence-electron chi connectivity index (χ1n) is 7.79. The van der Waals surface area contributed by atoms with Crippen LogP contribution in [0.4, 0.5) is 0 Å². The Balaban J connectivity index is 3.20. The van der Waals surface area contributed by atoms with Gasteiger partial charge in [-0.2, -0.15) is 0 Å². The van der Waals surface area contributed by atoms with Crippen molar-refractivity contribution < 1.29 is 33.4 Å². The van der Waals surface area contributed by atoms with Crippen LogP contribution in [0.15, 0.2) is 24.3 Å². The summed E-state index contributed by atoms with van der Waals surface area (Å²) < 4.78 is 15.8. The molecule has 7 nitrogen and oxygen atoms in total. The molecular weight excluding hydrogens is 328 g/mol. The number of carbonyl (C=O) groups is 4. The molecule has 0 fully saturated rings. The average molecular weight is 350 g/mol. The lowest BCUT2D eigenvalue weighted by atomic mass is 10.0. The third kappa shape index (κ3) is 6.02. The van der Waals surface area contributed by atoms with Crippen LogP contribution in [0.5, 0.6) is 5.75 Å². The molecule has 0 unspecified atom stereocenters. The van der Waals surface area contributed by atoms with Crippen molar-refractivity contribution in [3.05, 3.63) is 29.8 Å². The number of hydrogen-bond donors (Lipinski definition) is 0. The van der Waals surface area contributed by atoms with Gasteiger partial charge in [-0.25, -0.2) is 0 Å². The predicted octanol–water partition coefficient (Wildman–Crippen LogP) is 2.30. The Labute approximate surface area is 146 Å². The van der Waals surface area contributed by atoms with Gasteiger partial charge in [-0.3, -0.25) is 19.2 Å². The van der Waals surface area contributed by atoms with Crippen LogP contribution in [0.1, 0.15) is 45.6 Å². The largest absolute Gasteiger partial charge is 0.497 e. The summed E-state index contributed by atoms with van der Waals surface area (Å²) >= 11 is 0. The molecule has 0 spiro atoms. The van der Waals surface area contributed by atoms with E-state index in [-0.39, 0.29) is 18.0 Å². The number of rotatable bonds is 9. The Morgan fingerprint density at radius 2 is 1.32 bits per heavy atom. The third-order valence-electron chi connectivity index (χ3n) is 3.34. The topological polar surface area (TPSA) is 96.0 Å². The summed E-state index contributed by atoms with van der Waals surface area (Å²) in [5.41, 5.74) is 0.393. The van der Waals surface area contributed by atoms with E-state index < -0.39 is 30.6 Å². The highest BCUT2D eigenvalue weighted by Crippen LogP contribution is 2.33. The maximum atomic E-state index is 12.0. The standard InChI is InChI=1S/C18H22O7/c1-5-18(24-16(21)10-12(2)19,25-17(22)11-13(3)20)14-6-8-15(23-4)9-7-14/h6-9H,5,10-11H2,1-4H3.